The van der Waals surface area contributed by atoms with E-state index in [1.165, 1.54) is 34.1 Å². The fourth-order valence-corrected chi connectivity index (χ4v) is 11.1. The molecule has 0 radical (unpaired) electrons. The van der Waals surface area contributed by atoms with Gasteiger partial charge in [-0.2, -0.15) is 0 Å². The molecule has 0 aliphatic carbocycles. The number of hydrogen-bond acceptors (Lipinski definition) is 8. The van der Waals surface area contributed by atoms with Gasteiger partial charge in [0.05, 0.1) is 0 Å². The third kappa shape index (κ3) is 10.2. The number of aromatic hydroxyl groups is 2. The zero-order valence-electron chi connectivity index (χ0n) is 41.4. The van der Waals surface area contributed by atoms with Gasteiger partial charge in [-0.3, -0.25) is 28.8 Å². The molecular weight excluding hydrogens is 961 g/mol. The maximum Gasteiger partial charge on any atom is 0.246 e. The van der Waals surface area contributed by atoms with Crippen LogP contribution in [0.4, 0.5) is 0 Å². The van der Waals surface area contributed by atoms with Gasteiger partial charge in [0.25, 0.3) is 0 Å². The van der Waals surface area contributed by atoms with Crippen molar-refractivity contribution in [1.82, 2.24) is 41.0 Å². The molecule has 5 heterocycles. The summed E-state index contributed by atoms with van der Waals surface area (Å²) in [6.07, 6.45) is 3.57. The average molecular weight is 1020 g/mol. The summed E-state index contributed by atoms with van der Waals surface area (Å²) in [5.41, 5.74) is 7.48. The van der Waals surface area contributed by atoms with Crippen LogP contribution in [-0.2, 0) is 80.4 Å². The molecule has 0 unspecified atom stereocenters. The first-order valence-electron chi connectivity index (χ1n) is 25.5. The third-order valence-corrected chi connectivity index (χ3v) is 15.1. The van der Waals surface area contributed by atoms with Gasteiger partial charge in [0.1, 0.15) is 47.8 Å². The molecule has 2 aromatic heterocycles. The quantitative estimate of drug-likeness (QED) is 0.101. The number of para-hydroxylation sites is 2. The van der Waals surface area contributed by atoms with E-state index in [0.717, 1.165) is 44.1 Å². The van der Waals surface area contributed by atoms with E-state index in [1.54, 1.807) is 36.7 Å². The highest BCUT2D eigenvalue weighted by Crippen LogP contribution is 2.29. The second-order valence-corrected chi connectivity index (χ2v) is 20.0. The van der Waals surface area contributed by atoms with Crippen molar-refractivity contribution in [3.8, 4) is 11.5 Å². The number of aromatic amines is 2. The van der Waals surface area contributed by atoms with E-state index in [9.17, 15) is 10.2 Å². The minimum atomic E-state index is -1.30. The molecule has 11 rings (SSSR count). The van der Waals surface area contributed by atoms with E-state index in [-0.39, 0.29) is 63.1 Å². The number of phenols is 2. The van der Waals surface area contributed by atoms with E-state index in [2.05, 4.69) is 31.2 Å². The second kappa shape index (κ2) is 21.0. The number of hydrogen-bond donors (Lipinski definition) is 8. The summed E-state index contributed by atoms with van der Waals surface area (Å²) in [6.45, 7) is -0.0158. The molecule has 3 aliphatic heterocycles. The number of amides is 6. The lowest BCUT2D eigenvalue weighted by Gasteiger charge is -2.40. The Balaban J connectivity index is 1.05. The number of fused-ring (bicyclic) bond motifs is 6. The topological polar surface area (TPSA) is 229 Å². The van der Waals surface area contributed by atoms with Crippen molar-refractivity contribution in [2.24, 2.45) is 0 Å². The van der Waals surface area contributed by atoms with Crippen molar-refractivity contribution >= 4 is 57.2 Å². The molecule has 16 heteroatoms. The first kappa shape index (κ1) is 49.1. The van der Waals surface area contributed by atoms with Crippen molar-refractivity contribution in [1.29, 1.82) is 0 Å². The van der Waals surface area contributed by atoms with E-state index < -0.39 is 71.7 Å². The van der Waals surface area contributed by atoms with Crippen LogP contribution in [0.15, 0.2) is 158 Å². The maximum absolute atomic E-state index is 15.6. The Labute approximate surface area is 437 Å². The largest absolute Gasteiger partial charge is 0.508 e. The minimum absolute atomic E-state index is 0.00506. The predicted octanol–water partition coefficient (Wildman–Crippen LogP) is 5.19. The molecule has 6 atom stereocenters. The lowest BCUT2D eigenvalue weighted by atomic mass is 9.91. The molecule has 3 aliphatic rings. The Hall–Kier alpha value is -9.18. The van der Waals surface area contributed by atoms with Gasteiger partial charge in [-0.1, -0.05) is 109 Å². The van der Waals surface area contributed by atoms with E-state index in [1.807, 2.05) is 97.1 Å². The van der Waals surface area contributed by atoms with Gasteiger partial charge in [-0.05, 0) is 80.9 Å². The Morgan fingerprint density at radius 2 is 0.750 bits per heavy atom. The first-order chi connectivity index (χ1) is 36.9. The zero-order chi connectivity index (χ0) is 52.5. The fourth-order valence-electron chi connectivity index (χ4n) is 11.1. The van der Waals surface area contributed by atoms with Gasteiger partial charge < -0.3 is 51.2 Å². The van der Waals surface area contributed by atoms with Crippen molar-refractivity contribution in [2.45, 2.75) is 87.9 Å². The van der Waals surface area contributed by atoms with Crippen LogP contribution in [0, 0.1) is 0 Å². The third-order valence-electron chi connectivity index (χ3n) is 15.1. The monoisotopic (exact) mass is 1020 g/mol. The van der Waals surface area contributed by atoms with Crippen LogP contribution in [0.1, 0.15) is 44.5 Å². The smallest absolute Gasteiger partial charge is 0.246 e. The van der Waals surface area contributed by atoms with Gasteiger partial charge in [0.15, 0.2) is 0 Å². The normalized spacial score (nSPS) is 21.5. The van der Waals surface area contributed by atoms with Gasteiger partial charge >= 0.3 is 0 Å². The summed E-state index contributed by atoms with van der Waals surface area (Å²) in [5.74, 6) is -3.77. The lowest BCUT2D eigenvalue weighted by molar-refractivity contribution is -0.147. The molecule has 0 bridgehead atoms. The Kier molecular flexibility index (Phi) is 13.5. The highest BCUT2D eigenvalue weighted by molar-refractivity contribution is 6.00. The van der Waals surface area contributed by atoms with Crippen LogP contribution in [0.2, 0.25) is 0 Å². The molecule has 384 valence electrons. The predicted molar refractivity (Wildman–Crippen MR) is 284 cm³/mol. The number of carbonyl (C=O) groups excluding carboxylic acids is 6. The van der Waals surface area contributed by atoms with Crippen LogP contribution in [-0.4, -0.2) is 102 Å². The minimum Gasteiger partial charge on any atom is -0.508 e. The highest BCUT2D eigenvalue weighted by Gasteiger charge is 2.43. The van der Waals surface area contributed by atoms with Crippen LogP contribution in [0.25, 0.3) is 21.8 Å². The Bertz CT molecular complexity index is 3280. The molecular formula is C60H56N8O8. The molecule has 6 amide bonds. The molecule has 8 N–H and O–H groups in total. The van der Waals surface area contributed by atoms with Crippen molar-refractivity contribution in [3.05, 3.63) is 202 Å². The maximum atomic E-state index is 15.6. The van der Waals surface area contributed by atoms with Crippen LogP contribution in [0.3, 0.4) is 0 Å². The first-order valence-corrected chi connectivity index (χ1v) is 25.5. The van der Waals surface area contributed by atoms with Crippen LogP contribution < -0.4 is 21.3 Å². The molecule has 1 fully saturated rings. The summed E-state index contributed by atoms with van der Waals surface area (Å²) in [6, 6.07) is 35.1. The number of rotatable bonds is 8. The standard InChI is InChI=1S/C60H56N8O8/c69-43-21-17-35(18-22-43)25-51-59(75)67-33-39-11-3-1-9-37(39)29-53(67)57(73)63-49(27-41-31-61-47-15-7-5-13-45(41)47)55(71)66-52(26-36-19-23-44(70)24-20-36)60(76)68-34-40-12-4-2-10-38(40)30-54(68)58(74)64-50(56(72)65-51)28-42-32-62-48-16-8-6-14-46(42)48/h1-24,31-32,49-54,61-62,69-70H,25-30,33-34H2,(H,63,73)(H,64,74)(H,65,72)(H,66,71)/t49-,50-,51-,52-,53-,54-/m0/s1. The molecule has 16 nitrogen and oxygen atoms in total. The molecule has 76 heavy (non-hydrogen) atoms. The molecule has 8 aromatic rings. The number of benzene rings is 6. The summed E-state index contributed by atoms with van der Waals surface area (Å²) < 4.78 is 0. The number of aromatic nitrogens is 2. The van der Waals surface area contributed by atoms with E-state index >= 15 is 28.8 Å². The van der Waals surface area contributed by atoms with Crippen molar-refractivity contribution in [2.75, 3.05) is 0 Å². The second-order valence-electron chi connectivity index (χ2n) is 20.0. The molecule has 6 aromatic carbocycles. The molecule has 0 spiro atoms. The Morgan fingerprint density at radius 3 is 1.16 bits per heavy atom. The SMILES string of the molecule is O=C1N[C@@H](Cc2ccc(O)cc2)C(=O)N2Cc3ccccc3C[C@H]2C(=O)N[C@@H](Cc2c[nH]c3ccccc23)C(=O)N[C@@H](Cc2ccc(O)cc2)C(=O)N2Cc3ccccc3C[C@H]2C(=O)N[C@H]1Cc1c[nH]c2ccccc12. The number of nitrogens with zero attached hydrogens (tertiary/aromatic N) is 2. The summed E-state index contributed by atoms with van der Waals surface area (Å²) in [4.78, 5) is 102. The number of H-pyrrole nitrogens is 2. The van der Waals surface area contributed by atoms with E-state index in [4.69, 9.17) is 0 Å². The van der Waals surface area contributed by atoms with Crippen LogP contribution >= 0.6 is 0 Å². The molecule has 1 saturated heterocycles. The van der Waals surface area contributed by atoms with Crippen molar-refractivity contribution in [3.63, 3.8) is 0 Å². The summed E-state index contributed by atoms with van der Waals surface area (Å²) in [7, 11) is 0. The number of carbonyl (C=O) groups is 6. The van der Waals surface area contributed by atoms with Gasteiger partial charge in [0.2, 0.25) is 35.4 Å². The summed E-state index contributed by atoms with van der Waals surface area (Å²) >= 11 is 0. The average Bonchev–Trinajstić information content (AvgIpc) is 4.07. The highest BCUT2D eigenvalue weighted by atomic mass is 16.3. The van der Waals surface area contributed by atoms with Crippen molar-refractivity contribution < 1.29 is 39.0 Å². The van der Waals surface area contributed by atoms with Gasteiger partial charge in [0, 0.05) is 85.8 Å². The number of nitrogens with one attached hydrogen (secondary N) is 6. The molecule has 0 saturated carbocycles. The Morgan fingerprint density at radius 1 is 0.395 bits per heavy atom. The van der Waals surface area contributed by atoms with E-state index in [0.29, 0.717) is 22.3 Å². The summed E-state index contributed by atoms with van der Waals surface area (Å²) in [5, 5.41) is 34.2. The van der Waals surface area contributed by atoms with Crippen LogP contribution in [0.5, 0.6) is 11.5 Å². The van der Waals surface area contributed by atoms with Gasteiger partial charge in [-0.25, -0.2) is 0 Å². The van der Waals surface area contributed by atoms with Gasteiger partial charge in [-0.15, -0.1) is 0 Å². The number of phenolic OH excluding ortho intramolecular Hbond substituents is 2. The lowest BCUT2D eigenvalue weighted by Crippen LogP contribution is -2.64. The fraction of sp³-hybridized carbons (Fsp3) is 0.233. The zero-order valence-corrected chi connectivity index (χ0v) is 41.4.